The van der Waals surface area contributed by atoms with Crippen molar-refractivity contribution in [2.45, 2.75) is 12.8 Å². The minimum atomic E-state index is -0.00398. The van der Waals surface area contributed by atoms with Crippen LogP contribution < -0.4 is 28.4 Å². The van der Waals surface area contributed by atoms with Crippen LogP contribution >= 0.6 is 0 Å². The van der Waals surface area contributed by atoms with Crippen LogP contribution in [-0.4, -0.2) is 225 Å². The molecule has 0 bridgehead atoms. The standard InChI is InChI=1S/C50H80O20/c1-53-45-36-41(37-46(54-2)49(45)57-5)34-43(8-7-11-59-14-17-62-20-23-65-26-27-66-24-21-63-18-15-60-12-9-51)44(35-42-38-47(55-3)50(58-6)48(39-42)56-4)40-70-33-32-69-31-30-68-29-28-67-25-22-64-19-16-61-13-10-52/h36-39,51-52H,9-35,40H2,1-6H3/b44-43-. The number of benzene rings is 2. The van der Waals surface area contributed by atoms with Gasteiger partial charge in [0.2, 0.25) is 11.5 Å². The Morgan fingerprint density at radius 2 is 0.643 bits per heavy atom. The Labute approximate surface area is 414 Å². The van der Waals surface area contributed by atoms with Gasteiger partial charge in [0.05, 0.1) is 208 Å². The summed E-state index contributed by atoms with van der Waals surface area (Å²) in [6.07, 6.45) is 0.842. The predicted octanol–water partition coefficient (Wildman–Crippen LogP) is 3.01. The van der Waals surface area contributed by atoms with Crippen LogP contribution in [0.25, 0.3) is 0 Å². The lowest BCUT2D eigenvalue weighted by atomic mass is 9.95. The fourth-order valence-corrected chi connectivity index (χ4v) is 6.22. The largest absolute Gasteiger partial charge is 0.493 e. The monoisotopic (exact) mass is 1000 g/mol. The van der Waals surface area contributed by atoms with E-state index in [1.54, 1.807) is 42.7 Å². The van der Waals surface area contributed by atoms with E-state index >= 15 is 0 Å². The Morgan fingerprint density at radius 1 is 0.357 bits per heavy atom. The third-order valence-electron chi connectivity index (χ3n) is 9.56. The zero-order valence-corrected chi connectivity index (χ0v) is 42.4. The summed E-state index contributed by atoms with van der Waals surface area (Å²) in [5.41, 5.74) is 3.47. The molecule has 0 aliphatic carbocycles. The predicted molar refractivity (Wildman–Crippen MR) is 258 cm³/mol. The molecule has 0 aliphatic rings. The maximum atomic E-state index is 8.72. The van der Waals surface area contributed by atoms with Gasteiger partial charge >= 0.3 is 0 Å². The molecule has 20 heteroatoms. The smallest absolute Gasteiger partial charge is 0.203 e. The first kappa shape index (κ1) is 62.1. The molecule has 70 heavy (non-hydrogen) atoms. The van der Waals surface area contributed by atoms with Crippen molar-refractivity contribution < 1.29 is 95.5 Å². The summed E-state index contributed by atoms with van der Waals surface area (Å²) in [5, 5.41) is 17.4. The van der Waals surface area contributed by atoms with Gasteiger partial charge in [0, 0.05) is 12.0 Å². The van der Waals surface area contributed by atoms with Gasteiger partial charge in [0.25, 0.3) is 0 Å². The lowest BCUT2D eigenvalue weighted by Gasteiger charge is -2.18. The molecule has 0 amide bonds. The van der Waals surface area contributed by atoms with Crippen LogP contribution in [0.4, 0.5) is 0 Å². The van der Waals surface area contributed by atoms with Crippen LogP contribution in [0.5, 0.6) is 34.5 Å². The van der Waals surface area contributed by atoms with E-state index in [1.807, 2.05) is 24.3 Å². The van der Waals surface area contributed by atoms with Crippen LogP contribution in [0.3, 0.4) is 0 Å². The Bertz CT molecular complexity index is 1630. The summed E-state index contributed by atoms with van der Waals surface area (Å²) in [7, 11) is 9.45. The van der Waals surface area contributed by atoms with Crippen molar-refractivity contribution in [1.29, 1.82) is 0 Å². The van der Waals surface area contributed by atoms with Gasteiger partial charge in [0.15, 0.2) is 23.0 Å². The lowest BCUT2D eigenvalue weighted by Crippen LogP contribution is -2.15. The molecule has 2 aromatic rings. The van der Waals surface area contributed by atoms with E-state index in [1.165, 1.54) is 0 Å². The molecule has 0 aromatic heterocycles. The highest BCUT2D eigenvalue weighted by Crippen LogP contribution is 2.40. The number of aliphatic hydroxyl groups excluding tert-OH is 2. The molecule has 2 aromatic carbocycles. The average Bonchev–Trinajstić information content (AvgIpc) is 3.38. The molecular weight excluding hydrogens is 921 g/mol. The summed E-state index contributed by atoms with van der Waals surface area (Å²) in [5.74, 6) is 9.64. The van der Waals surface area contributed by atoms with Crippen LogP contribution in [0.15, 0.2) is 35.4 Å². The first-order chi connectivity index (χ1) is 34.5. The van der Waals surface area contributed by atoms with Gasteiger partial charge in [-0.05, 0) is 47.4 Å². The molecule has 0 saturated carbocycles. The Kier molecular flexibility index (Phi) is 38.8. The number of hydrogen-bond donors (Lipinski definition) is 2. The highest BCUT2D eigenvalue weighted by Gasteiger charge is 2.18. The van der Waals surface area contributed by atoms with E-state index in [0.29, 0.717) is 193 Å². The number of rotatable bonds is 47. The van der Waals surface area contributed by atoms with Crippen LogP contribution in [0.2, 0.25) is 0 Å². The van der Waals surface area contributed by atoms with Crippen molar-refractivity contribution in [2.75, 3.05) is 214 Å². The molecular formula is C50H80O20. The Balaban J connectivity index is 2.05. The van der Waals surface area contributed by atoms with E-state index in [9.17, 15) is 0 Å². The van der Waals surface area contributed by atoms with Gasteiger partial charge in [0.1, 0.15) is 6.61 Å². The van der Waals surface area contributed by atoms with E-state index in [2.05, 4.69) is 11.8 Å². The SMILES string of the molecule is COc1cc(C/C(C#CCOCCOCCOCCOCCOCCOCCO)=C(\COCCOCCOCCOCCOCCOCCO)Cc2cc(OC)c(OC)c(OC)c2)cc(OC)c1OC. The van der Waals surface area contributed by atoms with E-state index in [4.69, 9.17) is 95.5 Å². The van der Waals surface area contributed by atoms with Gasteiger partial charge in [-0.15, -0.1) is 0 Å². The topological polar surface area (TPSA) is 207 Å². The Morgan fingerprint density at radius 3 is 0.943 bits per heavy atom. The summed E-state index contributed by atoms with van der Waals surface area (Å²) in [6, 6.07) is 7.62. The third kappa shape index (κ3) is 28.7. The van der Waals surface area contributed by atoms with Gasteiger partial charge in [-0.25, -0.2) is 0 Å². The molecule has 0 unspecified atom stereocenters. The number of aliphatic hydroxyl groups is 2. The first-order valence-electron chi connectivity index (χ1n) is 23.4. The zero-order chi connectivity index (χ0) is 50.5. The van der Waals surface area contributed by atoms with Crippen LogP contribution in [0, 0.1) is 11.8 Å². The van der Waals surface area contributed by atoms with Crippen molar-refractivity contribution in [3.8, 4) is 46.3 Å². The second-order valence-electron chi connectivity index (χ2n) is 14.5. The molecule has 0 radical (unpaired) electrons. The van der Waals surface area contributed by atoms with Crippen molar-refractivity contribution >= 4 is 0 Å². The second-order valence-corrected chi connectivity index (χ2v) is 14.5. The summed E-state index contributed by atoms with van der Waals surface area (Å²) >= 11 is 0. The third-order valence-corrected chi connectivity index (χ3v) is 9.56. The maximum Gasteiger partial charge on any atom is 0.203 e. The lowest BCUT2D eigenvalue weighted by molar-refractivity contribution is -0.0174. The minimum Gasteiger partial charge on any atom is -0.493 e. The first-order valence-corrected chi connectivity index (χ1v) is 23.4. The Hall–Kier alpha value is -4.02. The van der Waals surface area contributed by atoms with E-state index in [-0.39, 0.29) is 26.4 Å². The average molecular weight is 1000 g/mol. The minimum absolute atomic E-state index is 0.000713. The van der Waals surface area contributed by atoms with Gasteiger partial charge < -0.3 is 95.5 Å². The fourth-order valence-electron chi connectivity index (χ4n) is 6.22. The summed E-state index contributed by atoms with van der Waals surface area (Å²) in [4.78, 5) is 0. The molecule has 400 valence electrons. The molecule has 0 fully saturated rings. The molecule has 0 heterocycles. The summed E-state index contributed by atoms with van der Waals surface area (Å²) < 4.78 is 101. The molecule has 0 saturated heterocycles. The van der Waals surface area contributed by atoms with E-state index in [0.717, 1.165) is 22.3 Å². The van der Waals surface area contributed by atoms with Gasteiger partial charge in [-0.1, -0.05) is 11.8 Å². The van der Waals surface area contributed by atoms with Crippen LogP contribution in [0.1, 0.15) is 11.1 Å². The molecule has 2 N–H and O–H groups in total. The normalized spacial score (nSPS) is 11.5. The molecule has 0 aliphatic heterocycles. The number of hydrogen-bond acceptors (Lipinski definition) is 20. The van der Waals surface area contributed by atoms with Gasteiger partial charge in [-0.3, -0.25) is 0 Å². The quantitative estimate of drug-likeness (QED) is 0.0722. The van der Waals surface area contributed by atoms with Crippen molar-refractivity contribution in [3.63, 3.8) is 0 Å². The van der Waals surface area contributed by atoms with E-state index < -0.39 is 0 Å². The number of ether oxygens (including phenoxy) is 18. The summed E-state index contributed by atoms with van der Waals surface area (Å²) in [6.45, 7) is 9.38. The van der Waals surface area contributed by atoms with Crippen molar-refractivity contribution in [1.82, 2.24) is 0 Å². The number of allylic oxidation sites excluding steroid dienone is 1. The molecule has 20 nitrogen and oxygen atoms in total. The highest BCUT2D eigenvalue weighted by atomic mass is 16.6. The molecule has 0 atom stereocenters. The molecule has 2 rings (SSSR count). The van der Waals surface area contributed by atoms with Crippen molar-refractivity contribution in [3.05, 3.63) is 46.5 Å². The van der Waals surface area contributed by atoms with Crippen LogP contribution in [-0.2, 0) is 69.7 Å². The number of methoxy groups -OCH3 is 6. The maximum absolute atomic E-state index is 8.72. The van der Waals surface area contributed by atoms with Crippen molar-refractivity contribution in [2.24, 2.45) is 0 Å². The molecule has 0 spiro atoms. The zero-order valence-electron chi connectivity index (χ0n) is 42.4. The fraction of sp³-hybridized carbons (Fsp3) is 0.680. The van der Waals surface area contributed by atoms with Gasteiger partial charge in [-0.2, -0.15) is 0 Å². The second kappa shape index (κ2) is 43.7. The highest BCUT2D eigenvalue weighted by molar-refractivity contribution is 5.57.